The third-order valence-electron chi connectivity index (χ3n) is 16.2. The maximum Gasteiger partial charge on any atom is 0.137 e. The van der Waals surface area contributed by atoms with Crippen molar-refractivity contribution in [2.24, 2.45) is 0 Å². The highest BCUT2D eigenvalue weighted by molar-refractivity contribution is 6.24. The highest BCUT2D eigenvalue weighted by Gasteiger charge is 2.49. The average Bonchev–Trinajstić information content (AvgIpc) is 4.38. The minimum Gasteiger partial charge on any atom is -0.456 e. The molecular weight excluding hydrogens is 937 g/mol. The topological polar surface area (TPSA) is 32.8 Å². The quantitative estimate of drug-likeness (QED) is 0.142. The number of benzene rings is 13. The van der Waals surface area contributed by atoms with Crippen molar-refractivity contribution in [3.8, 4) is 11.1 Å². The zero-order chi connectivity index (χ0) is 50.6. The number of anilines is 6. The first kappa shape index (κ1) is 43.3. The van der Waals surface area contributed by atoms with Crippen LogP contribution < -0.4 is 9.80 Å². The maximum atomic E-state index is 6.62. The Morgan fingerprint density at radius 3 is 1.21 bits per heavy atom. The van der Waals surface area contributed by atoms with Gasteiger partial charge in [0.05, 0.1) is 11.1 Å². The first-order valence-corrected chi connectivity index (χ1v) is 26.4. The molecule has 0 aliphatic heterocycles. The van der Waals surface area contributed by atoms with Crippen molar-refractivity contribution in [3.63, 3.8) is 0 Å². The number of fused-ring (bicyclic) bond motifs is 16. The average molecular weight is 983 g/mol. The van der Waals surface area contributed by atoms with E-state index in [9.17, 15) is 0 Å². The predicted molar refractivity (Wildman–Crippen MR) is 320 cm³/mol. The summed E-state index contributed by atoms with van der Waals surface area (Å²) in [6.07, 6.45) is 0. The van der Waals surface area contributed by atoms with E-state index in [1.807, 2.05) is 18.2 Å². The highest BCUT2D eigenvalue weighted by atomic mass is 16.3. The van der Waals surface area contributed by atoms with E-state index in [-0.39, 0.29) is 0 Å². The van der Waals surface area contributed by atoms with Crippen molar-refractivity contribution >= 4 is 110 Å². The van der Waals surface area contributed by atoms with Gasteiger partial charge in [-0.05, 0) is 139 Å². The van der Waals surface area contributed by atoms with Crippen LogP contribution in [0.3, 0.4) is 0 Å². The Morgan fingerprint density at radius 1 is 0.247 bits per heavy atom. The SMILES string of the molecule is c1ccc(N(c2ccc3c(c2)oc2ccccc23)c2ccc3c4c(c5ccccc5c3c2)-c2c(cc(N(c3ccccc3)c3ccc5c(c3)oc3ccccc35)c3ccccc23)C4(c2ccccc2)c2ccccc2)cc1. The molecular formula is C73H46N2O2. The molecule has 1 aliphatic carbocycles. The minimum atomic E-state index is -0.772. The molecule has 4 heteroatoms. The van der Waals surface area contributed by atoms with E-state index in [1.54, 1.807) is 0 Å². The third kappa shape index (κ3) is 6.40. The van der Waals surface area contributed by atoms with Gasteiger partial charge in [-0.1, -0.05) is 188 Å². The summed E-state index contributed by atoms with van der Waals surface area (Å²) in [5.74, 6) is 0. The van der Waals surface area contributed by atoms with E-state index in [1.165, 1.54) is 60.3 Å². The molecule has 0 amide bonds. The third-order valence-corrected chi connectivity index (χ3v) is 16.2. The van der Waals surface area contributed by atoms with Crippen molar-refractivity contribution < 1.29 is 8.83 Å². The van der Waals surface area contributed by atoms with Crippen LogP contribution in [0.15, 0.2) is 288 Å². The first-order valence-electron chi connectivity index (χ1n) is 26.4. The summed E-state index contributed by atoms with van der Waals surface area (Å²) in [4.78, 5) is 4.80. The standard InChI is InChI=1S/C73H46N2O2/c1-5-21-47(22-6-1)73(48-23-7-2-8-24-48)64-46-65(75(50-27-11-4-12-28-50)53-38-41-59-57-32-18-20-36-67(57)77-69(59)45-53)55-30-14-16-34-61(55)70(64)71-60-33-15-13-29-54(60)63-43-51(39-42-62(63)72(71)73)74(49-25-9-3-10-26-49)52-37-40-58-56-31-17-19-35-66(56)76-68(58)44-52/h1-46H. The van der Waals surface area contributed by atoms with Gasteiger partial charge in [-0.2, -0.15) is 0 Å². The maximum absolute atomic E-state index is 6.62. The molecule has 0 unspecified atom stereocenters. The summed E-state index contributed by atoms with van der Waals surface area (Å²) in [5, 5.41) is 11.6. The zero-order valence-electron chi connectivity index (χ0n) is 41.8. The Bertz CT molecular complexity index is 4770. The second-order valence-electron chi connectivity index (χ2n) is 20.3. The van der Waals surface area contributed by atoms with Crippen molar-refractivity contribution in [2.75, 3.05) is 9.80 Å². The van der Waals surface area contributed by atoms with Crippen LogP contribution in [-0.2, 0) is 5.41 Å². The molecule has 13 aromatic carbocycles. The van der Waals surface area contributed by atoms with Crippen molar-refractivity contribution in [1.82, 2.24) is 0 Å². The smallest absolute Gasteiger partial charge is 0.137 e. The number of hydrogen-bond acceptors (Lipinski definition) is 4. The number of hydrogen-bond donors (Lipinski definition) is 0. The van der Waals surface area contributed by atoms with Crippen molar-refractivity contribution in [1.29, 1.82) is 0 Å². The van der Waals surface area contributed by atoms with Gasteiger partial charge in [0.1, 0.15) is 22.3 Å². The van der Waals surface area contributed by atoms with E-state index in [0.29, 0.717) is 0 Å². The van der Waals surface area contributed by atoms with Gasteiger partial charge in [-0.25, -0.2) is 0 Å². The Hall–Kier alpha value is -10.2. The molecule has 15 aromatic rings. The lowest BCUT2D eigenvalue weighted by molar-refractivity contribution is 0.668. The van der Waals surface area contributed by atoms with Crippen LogP contribution in [0.1, 0.15) is 22.3 Å². The fourth-order valence-corrected chi connectivity index (χ4v) is 13.1. The summed E-state index contributed by atoms with van der Waals surface area (Å²) in [6.45, 7) is 0. The summed E-state index contributed by atoms with van der Waals surface area (Å²) in [5.41, 5.74) is 16.4. The van der Waals surface area contributed by atoms with Crippen LogP contribution in [0.5, 0.6) is 0 Å². The van der Waals surface area contributed by atoms with Gasteiger partial charge in [-0.15, -0.1) is 0 Å². The van der Waals surface area contributed by atoms with E-state index in [2.05, 4.69) is 271 Å². The number of rotatable bonds is 8. The second-order valence-corrected chi connectivity index (χ2v) is 20.3. The largest absolute Gasteiger partial charge is 0.456 e. The Kier molecular flexibility index (Phi) is 9.52. The normalized spacial score (nSPS) is 12.8. The predicted octanol–water partition coefficient (Wildman–Crippen LogP) is 20.2. The first-order chi connectivity index (χ1) is 38.2. The molecule has 0 saturated carbocycles. The molecule has 0 saturated heterocycles. The van der Waals surface area contributed by atoms with E-state index >= 15 is 0 Å². The molecule has 77 heavy (non-hydrogen) atoms. The zero-order valence-corrected chi connectivity index (χ0v) is 41.8. The molecule has 1 aliphatic rings. The lowest BCUT2D eigenvalue weighted by Crippen LogP contribution is -2.29. The van der Waals surface area contributed by atoms with Crippen molar-refractivity contribution in [3.05, 3.63) is 301 Å². The van der Waals surface area contributed by atoms with Crippen LogP contribution in [0, 0.1) is 0 Å². The van der Waals surface area contributed by atoms with Crippen LogP contribution in [0.4, 0.5) is 34.1 Å². The lowest BCUT2D eigenvalue weighted by Gasteiger charge is -2.36. The molecule has 0 bridgehead atoms. The summed E-state index contributed by atoms with van der Waals surface area (Å²) in [6, 6.07) is 102. The van der Waals surface area contributed by atoms with Gasteiger partial charge in [0.25, 0.3) is 0 Å². The Morgan fingerprint density at radius 2 is 0.649 bits per heavy atom. The Balaban J connectivity index is 1.01. The Labute approximate surface area is 444 Å². The molecule has 360 valence electrons. The molecule has 2 aromatic heterocycles. The lowest BCUT2D eigenvalue weighted by atomic mass is 9.66. The van der Waals surface area contributed by atoms with Crippen molar-refractivity contribution in [2.45, 2.75) is 5.41 Å². The van der Waals surface area contributed by atoms with E-state index < -0.39 is 5.41 Å². The molecule has 0 radical (unpaired) electrons. The minimum absolute atomic E-state index is 0.772. The number of para-hydroxylation sites is 4. The molecule has 0 N–H and O–H groups in total. The summed E-state index contributed by atoms with van der Waals surface area (Å²) in [7, 11) is 0. The van der Waals surface area contributed by atoms with Crippen LogP contribution >= 0.6 is 0 Å². The molecule has 0 fully saturated rings. The second kappa shape index (κ2) is 16.9. The summed E-state index contributed by atoms with van der Waals surface area (Å²) >= 11 is 0. The summed E-state index contributed by atoms with van der Waals surface area (Å²) < 4.78 is 13.1. The van der Waals surface area contributed by atoms with Gasteiger partial charge in [0.2, 0.25) is 0 Å². The molecule has 0 spiro atoms. The van der Waals surface area contributed by atoms with Gasteiger partial charge in [0.15, 0.2) is 0 Å². The fraction of sp³-hybridized carbons (Fsp3) is 0.0137. The number of furan rings is 2. The molecule has 16 rings (SSSR count). The van der Waals surface area contributed by atoms with Gasteiger partial charge >= 0.3 is 0 Å². The van der Waals surface area contributed by atoms with Gasteiger partial charge in [-0.3, -0.25) is 0 Å². The van der Waals surface area contributed by atoms with Crippen LogP contribution in [0.25, 0.3) is 87.3 Å². The van der Waals surface area contributed by atoms with Crippen LogP contribution in [-0.4, -0.2) is 0 Å². The van der Waals surface area contributed by atoms with E-state index in [0.717, 1.165) is 83.4 Å². The molecule has 2 heterocycles. The van der Waals surface area contributed by atoms with Gasteiger partial charge in [0, 0.05) is 67.5 Å². The molecule has 4 nitrogen and oxygen atoms in total. The highest BCUT2D eigenvalue weighted by Crippen LogP contribution is 2.63. The molecule has 0 atom stereocenters. The monoisotopic (exact) mass is 982 g/mol. The fourth-order valence-electron chi connectivity index (χ4n) is 13.1. The van der Waals surface area contributed by atoms with Gasteiger partial charge < -0.3 is 18.6 Å². The number of nitrogens with zero attached hydrogens (tertiary/aromatic N) is 2. The van der Waals surface area contributed by atoms with Crippen LogP contribution in [0.2, 0.25) is 0 Å². The van der Waals surface area contributed by atoms with E-state index in [4.69, 9.17) is 8.83 Å².